The molecule has 3 aromatic rings. The molecule has 0 aliphatic carbocycles. The van der Waals surface area contributed by atoms with Gasteiger partial charge in [-0.2, -0.15) is 0 Å². The summed E-state index contributed by atoms with van der Waals surface area (Å²) in [5.41, 5.74) is 5.46. The molecule has 0 aromatic heterocycles. The van der Waals surface area contributed by atoms with Gasteiger partial charge in [0.1, 0.15) is 5.82 Å². The number of hydrogen-bond acceptors (Lipinski definition) is 1. The smallest absolute Gasteiger partial charge is 0.221 e. The molecular formula is C24H24FNO. The first kappa shape index (κ1) is 18.8. The summed E-state index contributed by atoms with van der Waals surface area (Å²) in [6, 6.07) is 22.4. The van der Waals surface area contributed by atoms with Crippen LogP contribution in [0.3, 0.4) is 0 Å². The van der Waals surface area contributed by atoms with Crippen molar-refractivity contribution in [1.82, 2.24) is 5.32 Å². The third kappa shape index (κ3) is 5.04. The normalized spacial score (nSPS) is 11.8. The number of benzene rings is 3. The van der Waals surface area contributed by atoms with Gasteiger partial charge in [0, 0.05) is 6.42 Å². The summed E-state index contributed by atoms with van der Waals surface area (Å²) in [6.07, 6.45) is 0.945. The van der Waals surface area contributed by atoms with E-state index in [4.69, 9.17) is 0 Å². The van der Waals surface area contributed by atoms with Crippen molar-refractivity contribution in [1.29, 1.82) is 0 Å². The van der Waals surface area contributed by atoms with Crippen molar-refractivity contribution in [2.24, 2.45) is 0 Å². The summed E-state index contributed by atoms with van der Waals surface area (Å²) in [4.78, 5) is 12.6. The molecule has 27 heavy (non-hydrogen) atoms. The van der Waals surface area contributed by atoms with Gasteiger partial charge in [-0.3, -0.25) is 4.79 Å². The Bertz CT molecular complexity index is 903. The first-order valence-electron chi connectivity index (χ1n) is 9.19. The van der Waals surface area contributed by atoms with Crippen molar-refractivity contribution < 1.29 is 9.18 Å². The SMILES string of the molecule is Cc1ccc([C@@H](NC(=O)CCc2ccc(F)cc2)c2ccccc2)c(C)c1. The van der Waals surface area contributed by atoms with E-state index in [-0.39, 0.29) is 17.8 Å². The van der Waals surface area contributed by atoms with Crippen molar-refractivity contribution in [2.75, 3.05) is 0 Å². The second kappa shape index (κ2) is 8.63. The molecular weight excluding hydrogens is 337 g/mol. The molecule has 0 aliphatic rings. The fourth-order valence-corrected chi connectivity index (χ4v) is 3.28. The molecule has 1 amide bonds. The Morgan fingerprint density at radius 3 is 2.33 bits per heavy atom. The highest BCUT2D eigenvalue weighted by Gasteiger charge is 2.18. The molecule has 3 heteroatoms. The monoisotopic (exact) mass is 361 g/mol. The van der Waals surface area contributed by atoms with Gasteiger partial charge in [-0.05, 0) is 54.7 Å². The minimum atomic E-state index is -0.262. The van der Waals surface area contributed by atoms with Crippen LogP contribution in [0.2, 0.25) is 0 Å². The number of carbonyl (C=O) groups excluding carboxylic acids is 1. The number of nitrogens with one attached hydrogen (secondary N) is 1. The lowest BCUT2D eigenvalue weighted by atomic mass is 9.93. The molecule has 0 saturated carbocycles. The third-order valence-corrected chi connectivity index (χ3v) is 4.73. The van der Waals surface area contributed by atoms with Gasteiger partial charge in [0.15, 0.2) is 0 Å². The molecule has 1 N–H and O–H groups in total. The van der Waals surface area contributed by atoms with Gasteiger partial charge in [0.25, 0.3) is 0 Å². The highest BCUT2D eigenvalue weighted by Crippen LogP contribution is 2.26. The molecule has 0 unspecified atom stereocenters. The maximum atomic E-state index is 13.0. The summed E-state index contributed by atoms with van der Waals surface area (Å²) in [6.45, 7) is 4.14. The molecule has 0 spiro atoms. The molecule has 138 valence electrons. The number of aryl methyl sites for hydroxylation is 3. The van der Waals surface area contributed by atoms with Crippen LogP contribution in [0.1, 0.15) is 40.3 Å². The zero-order valence-corrected chi connectivity index (χ0v) is 15.7. The number of halogens is 1. The molecule has 3 aromatic carbocycles. The molecule has 0 radical (unpaired) electrons. The topological polar surface area (TPSA) is 29.1 Å². The third-order valence-electron chi connectivity index (χ3n) is 4.73. The van der Waals surface area contributed by atoms with Crippen LogP contribution in [0.4, 0.5) is 4.39 Å². The van der Waals surface area contributed by atoms with E-state index in [1.807, 2.05) is 30.3 Å². The maximum Gasteiger partial charge on any atom is 0.221 e. The van der Waals surface area contributed by atoms with E-state index in [2.05, 4.69) is 37.4 Å². The van der Waals surface area contributed by atoms with Crippen LogP contribution >= 0.6 is 0 Å². The van der Waals surface area contributed by atoms with Crippen LogP contribution in [0.25, 0.3) is 0 Å². The van der Waals surface area contributed by atoms with Crippen LogP contribution in [0.5, 0.6) is 0 Å². The second-order valence-electron chi connectivity index (χ2n) is 6.90. The van der Waals surface area contributed by atoms with Crippen molar-refractivity contribution in [3.63, 3.8) is 0 Å². The standard InChI is InChI=1S/C24H24FNO/c1-17-8-14-22(18(2)16-17)24(20-6-4-3-5-7-20)26-23(27)15-11-19-9-12-21(25)13-10-19/h3-10,12-14,16,24H,11,15H2,1-2H3,(H,26,27)/t24-/m0/s1. The predicted octanol–water partition coefficient (Wildman–Crippen LogP) is 5.28. The van der Waals surface area contributed by atoms with Gasteiger partial charge >= 0.3 is 0 Å². The summed E-state index contributed by atoms with van der Waals surface area (Å²) in [5, 5.41) is 3.18. The number of amides is 1. The molecule has 2 nitrogen and oxygen atoms in total. The molecule has 0 heterocycles. The van der Waals surface area contributed by atoms with Crippen LogP contribution in [-0.4, -0.2) is 5.91 Å². The van der Waals surface area contributed by atoms with E-state index in [9.17, 15) is 9.18 Å². The number of rotatable bonds is 6. The van der Waals surface area contributed by atoms with Crippen molar-refractivity contribution in [3.05, 3.63) is 106 Å². The number of carbonyl (C=O) groups is 1. The molecule has 3 rings (SSSR count). The van der Waals surface area contributed by atoms with E-state index in [1.54, 1.807) is 12.1 Å². The first-order valence-corrected chi connectivity index (χ1v) is 9.19. The fraction of sp³-hybridized carbons (Fsp3) is 0.208. The van der Waals surface area contributed by atoms with Crippen molar-refractivity contribution in [2.45, 2.75) is 32.7 Å². The van der Waals surface area contributed by atoms with Crippen LogP contribution in [-0.2, 0) is 11.2 Å². The highest BCUT2D eigenvalue weighted by molar-refractivity contribution is 5.77. The zero-order valence-electron chi connectivity index (χ0n) is 15.7. The Kier molecular flexibility index (Phi) is 6.02. The number of hydrogen-bond donors (Lipinski definition) is 1. The lowest BCUT2D eigenvalue weighted by molar-refractivity contribution is -0.121. The van der Waals surface area contributed by atoms with Crippen LogP contribution < -0.4 is 5.32 Å². The van der Waals surface area contributed by atoms with Crippen LogP contribution in [0.15, 0.2) is 72.8 Å². The van der Waals surface area contributed by atoms with Gasteiger partial charge in [-0.25, -0.2) is 4.39 Å². The van der Waals surface area contributed by atoms with E-state index < -0.39 is 0 Å². The Balaban J connectivity index is 1.77. The van der Waals surface area contributed by atoms with E-state index in [0.717, 1.165) is 22.3 Å². The largest absolute Gasteiger partial charge is 0.345 e. The van der Waals surface area contributed by atoms with E-state index in [1.165, 1.54) is 17.7 Å². The first-order chi connectivity index (χ1) is 13.0. The molecule has 0 aliphatic heterocycles. The quantitative estimate of drug-likeness (QED) is 0.636. The fourth-order valence-electron chi connectivity index (χ4n) is 3.28. The Morgan fingerprint density at radius 1 is 0.963 bits per heavy atom. The van der Waals surface area contributed by atoms with E-state index >= 15 is 0 Å². The maximum absolute atomic E-state index is 13.0. The average Bonchev–Trinajstić information content (AvgIpc) is 2.67. The predicted molar refractivity (Wildman–Crippen MR) is 107 cm³/mol. The molecule has 1 atom stereocenters. The van der Waals surface area contributed by atoms with Gasteiger partial charge in [0.05, 0.1) is 6.04 Å². The second-order valence-corrected chi connectivity index (χ2v) is 6.90. The lowest BCUT2D eigenvalue weighted by Gasteiger charge is -2.22. The molecule has 0 saturated heterocycles. The minimum absolute atomic E-state index is 0.0202. The Morgan fingerprint density at radius 2 is 1.67 bits per heavy atom. The van der Waals surface area contributed by atoms with Crippen LogP contribution in [0, 0.1) is 19.7 Å². The van der Waals surface area contributed by atoms with Gasteiger partial charge < -0.3 is 5.32 Å². The summed E-state index contributed by atoms with van der Waals surface area (Å²) in [5.74, 6) is -0.282. The minimum Gasteiger partial charge on any atom is -0.345 e. The van der Waals surface area contributed by atoms with E-state index in [0.29, 0.717) is 12.8 Å². The van der Waals surface area contributed by atoms with Crippen molar-refractivity contribution >= 4 is 5.91 Å². The molecule has 0 fully saturated rings. The highest BCUT2D eigenvalue weighted by atomic mass is 19.1. The summed E-state index contributed by atoms with van der Waals surface area (Å²) >= 11 is 0. The lowest BCUT2D eigenvalue weighted by Crippen LogP contribution is -2.30. The van der Waals surface area contributed by atoms with Gasteiger partial charge in [-0.1, -0.05) is 66.2 Å². The molecule has 0 bridgehead atoms. The Hall–Kier alpha value is -2.94. The summed E-state index contributed by atoms with van der Waals surface area (Å²) in [7, 11) is 0. The average molecular weight is 361 g/mol. The van der Waals surface area contributed by atoms with Crippen molar-refractivity contribution in [3.8, 4) is 0 Å². The summed E-state index contributed by atoms with van der Waals surface area (Å²) < 4.78 is 13.0. The Labute approximate surface area is 160 Å². The van der Waals surface area contributed by atoms with Gasteiger partial charge in [0.2, 0.25) is 5.91 Å². The zero-order chi connectivity index (χ0) is 19.2. The van der Waals surface area contributed by atoms with Gasteiger partial charge in [-0.15, -0.1) is 0 Å².